The Morgan fingerprint density at radius 1 is 1.00 bits per heavy atom. The highest BCUT2D eigenvalue weighted by Gasteiger charge is 2.13. The van der Waals surface area contributed by atoms with Gasteiger partial charge in [0.15, 0.2) is 0 Å². The summed E-state index contributed by atoms with van der Waals surface area (Å²) in [5, 5.41) is 5.01. The number of benzene rings is 2. The smallest absolute Gasteiger partial charge is 0.313 e. The molecule has 0 aromatic heterocycles. The number of methoxy groups -OCH3 is 1. The second-order valence-corrected chi connectivity index (χ2v) is 4.81. The Kier molecular flexibility index (Phi) is 5.68. The van der Waals surface area contributed by atoms with Crippen LogP contribution in [0.5, 0.6) is 5.75 Å². The SMILES string of the molecule is COc1ccc(NC(=O)C(=O)NCCc2ccc(F)cc2)cc1. The van der Waals surface area contributed by atoms with Crippen molar-refractivity contribution in [3.63, 3.8) is 0 Å². The highest BCUT2D eigenvalue weighted by molar-refractivity contribution is 6.39. The lowest BCUT2D eigenvalue weighted by Gasteiger charge is -2.07. The van der Waals surface area contributed by atoms with Crippen LogP contribution in [0.4, 0.5) is 10.1 Å². The van der Waals surface area contributed by atoms with Crippen LogP contribution in [0.15, 0.2) is 48.5 Å². The molecule has 2 N–H and O–H groups in total. The van der Waals surface area contributed by atoms with Gasteiger partial charge in [-0.3, -0.25) is 9.59 Å². The molecule has 0 aliphatic carbocycles. The molecule has 0 radical (unpaired) electrons. The van der Waals surface area contributed by atoms with E-state index in [1.54, 1.807) is 43.5 Å². The van der Waals surface area contributed by atoms with Crippen molar-refractivity contribution in [2.75, 3.05) is 19.0 Å². The molecule has 120 valence electrons. The Bertz CT molecular complexity index is 669. The standard InChI is InChI=1S/C17H17FN2O3/c1-23-15-8-6-14(7-9-15)20-17(22)16(21)19-11-10-12-2-4-13(18)5-3-12/h2-9H,10-11H2,1H3,(H,19,21)(H,20,22). The van der Waals surface area contributed by atoms with E-state index in [4.69, 9.17) is 4.74 Å². The van der Waals surface area contributed by atoms with E-state index in [0.29, 0.717) is 24.4 Å². The van der Waals surface area contributed by atoms with Crippen molar-refractivity contribution in [2.45, 2.75) is 6.42 Å². The van der Waals surface area contributed by atoms with E-state index in [-0.39, 0.29) is 5.82 Å². The molecule has 6 heteroatoms. The number of carbonyl (C=O) groups is 2. The number of halogens is 1. The summed E-state index contributed by atoms with van der Waals surface area (Å²) in [6, 6.07) is 12.6. The molecule has 0 aliphatic rings. The van der Waals surface area contributed by atoms with Crippen molar-refractivity contribution in [3.05, 3.63) is 59.9 Å². The molecule has 0 saturated carbocycles. The molecule has 2 rings (SSSR count). The lowest BCUT2D eigenvalue weighted by molar-refractivity contribution is -0.136. The maximum atomic E-state index is 12.8. The third-order valence-electron chi connectivity index (χ3n) is 3.17. The fraction of sp³-hybridized carbons (Fsp3) is 0.176. The summed E-state index contributed by atoms with van der Waals surface area (Å²) in [5.74, 6) is -1.11. The maximum Gasteiger partial charge on any atom is 0.313 e. The number of carbonyl (C=O) groups excluding carboxylic acids is 2. The fourth-order valence-corrected chi connectivity index (χ4v) is 1.91. The quantitative estimate of drug-likeness (QED) is 0.831. The first kappa shape index (κ1) is 16.5. The monoisotopic (exact) mass is 316 g/mol. The molecule has 0 fully saturated rings. The molecule has 23 heavy (non-hydrogen) atoms. The lowest BCUT2D eigenvalue weighted by Crippen LogP contribution is -2.36. The molecule has 0 saturated heterocycles. The predicted octanol–water partition coefficient (Wildman–Crippen LogP) is 2.13. The molecule has 2 aromatic rings. The van der Waals surface area contributed by atoms with Gasteiger partial charge in [-0.05, 0) is 48.4 Å². The van der Waals surface area contributed by atoms with Gasteiger partial charge in [0.1, 0.15) is 11.6 Å². The van der Waals surface area contributed by atoms with E-state index in [9.17, 15) is 14.0 Å². The van der Waals surface area contributed by atoms with E-state index >= 15 is 0 Å². The third kappa shape index (κ3) is 5.10. The van der Waals surface area contributed by atoms with Gasteiger partial charge in [-0.1, -0.05) is 12.1 Å². The van der Waals surface area contributed by atoms with Gasteiger partial charge < -0.3 is 15.4 Å². The van der Waals surface area contributed by atoms with Crippen molar-refractivity contribution < 1.29 is 18.7 Å². The van der Waals surface area contributed by atoms with E-state index in [2.05, 4.69) is 10.6 Å². The third-order valence-corrected chi connectivity index (χ3v) is 3.17. The van der Waals surface area contributed by atoms with Crippen LogP contribution in [0.2, 0.25) is 0 Å². The molecule has 0 aliphatic heterocycles. The summed E-state index contributed by atoms with van der Waals surface area (Å²) in [5.41, 5.74) is 1.38. The van der Waals surface area contributed by atoms with E-state index < -0.39 is 11.8 Å². The molecule has 0 spiro atoms. The van der Waals surface area contributed by atoms with Gasteiger partial charge >= 0.3 is 11.8 Å². The highest BCUT2D eigenvalue weighted by atomic mass is 19.1. The Morgan fingerprint density at radius 2 is 1.65 bits per heavy atom. The van der Waals surface area contributed by atoms with Crippen molar-refractivity contribution in [1.29, 1.82) is 0 Å². The highest BCUT2D eigenvalue weighted by Crippen LogP contribution is 2.14. The zero-order valence-electron chi connectivity index (χ0n) is 12.6. The fourth-order valence-electron chi connectivity index (χ4n) is 1.91. The van der Waals surface area contributed by atoms with Crippen LogP contribution in [-0.2, 0) is 16.0 Å². The number of hydrogen-bond donors (Lipinski definition) is 2. The van der Waals surface area contributed by atoms with E-state index in [1.165, 1.54) is 12.1 Å². The minimum Gasteiger partial charge on any atom is -0.497 e. The Labute approximate surface area is 133 Å². The van der Waals surface area contributed by atoms with Crippen molar-refractivity contribution in [1.82, 2.24) is 5.32 Å². The summed E-state index contributed by atoms with van der Waals surface area (Å²) >= 11 is 0. The minimum absolute atomic E-state index is 0.292. The Hall–Kier alpha value is -2.89. The topological polar surface area (TPSA) is 67.4 Å². The van der Waals surface area contributed by atoms with Gasteiger partial charge in [-0.15, -0.1) is 0 Å². The molecule has 0 heterocycles. The Morgan fingerprint density at radius 3 is 2.26 bits per heavy atom. The average Bonchev–Trinajstić information content (AvgIpc) is 2.57. The van der Waals surface area contributed by atoms with Crippen molar-refractivity contribution in [2.24, 2.45) is 0 Å². The van der Waals surface area contributed by atoms with Crippen LogP contribution in [-0.4, -0.2) is 25.5 Å². The van der Waals surface area contributed by atoms with Crippen molar-refractivity contribution in [3.8, 4) is 5.75 Å². The van der Waals surface area contributed by atoms with Crippen LogP contribution < -0.4 is 15.4 Å². The van der Waals surface area contributed by atoms with Crippen LogP contribution in [0.1, 0.15) is 5.56 Å². The number of hydrogen-bond acceptors (Lipinski definition) is 3. The molecule has 2 amide bonds. The first-order valence-electron chi connectivity index (χ1n) is 7.06. The van der Waals surface area contributed by atoms with E-state index in [0.717, 1.165) is 5.56 Å². The first-order valence-corrected chi connectivity index (χ1v) is 7.06. The van der Waals surface area contributed by atoms with Gasteiger partial charge in [0.25, 0.3) is 0 Å². The summed E-state index contributed by atoms with van der Waals surface area (Å²) in [4.78, 5) is 23.5. The van der Waals surface area contributed by atoms with Crippen molar-refractivity contribution >= 4 is 17.5 Å². The summed E-state index contributed by atoms with van der Waals surface area (Å²) in [6.07, 6.45) is 0.516. The molecular formula is C17H17FN2O3. The Balaban J connectivity index is 1.78. The normalized spacial score (nSPS) is 10.0. The zero-order valence-corrected chi connectivity index (χ0v) is 12.6. The number of anilines is 1. The predicted molar refractivity (Wildman–Crippen MR) is 84.7 cm³/mol. The van der Waals surface area contributed by atoms with Gasteiger partial charge in [-0.2, -0.15) is 0 Å². The molecule has 0 atom stereocenters. The van der Waals surface area contributed by atoms with Crippen LogP contribution >= 0.6 is 0 Å². The average molecular weight is 316 g/mol. The summed E-state index contributed by atoms with van der Waals surface area (Å²) < 4.78 is 17.8. The van der Waals surface area contributed by atoms with Gasteiger partial charge in [0, 0.05) is 12.2 Å². The molecule has 5 nitrogen and oxygen atoms in total. The molecule has 0 bridgehead atoms. The molecular weight excluding hydrogens is 299 g/mol. The largest absolute Gasteiger partial charge is 0.497 e. The molecule has 0 unspecified atom stereocenters. The van der Waals surface area contributed by atoms with Crippen LogP contribution in [0, 0.1) is 5.82 Å². The lowest BCUT2D eigenvalue weighted by atomic mass is 10.1. The minimum atomic E-state index is -0.741. The second-order valence-electron chi connectivity index (χ2n) is 4.81. The van der Waals surface area contributed by atoms with Gasteiger partial charge in [-0.25, -0.2) is 4.39 Å². The van der Waals surface area contributed by atoms with Crippen LogP contribution in [0.25, 0.3) is 0 Å². The maximum absolute atomic E-state index is 12.8. The first-order chi connectivity index (χ1) is 11.1. The van der Waals surface area contributed by atoms with E-state index in [1.807, 2.05) is 0 Å². The number of rotatable bonds is 5. The second kappa shape index (κ2) is 7.93. The van der Waals surface area contributed by atoms with Gasteiger partial charge in [0.05, 0.1) is 7.11 Å². The van der Waals surface area contributed by atoms with Crippen LogP contribution in [0.3, 0.4) is 0 Å². The summed E-state index contributed by atoms with van der Waals surface area (Å²) in [7, 11) is 1.54. The number of ether oxygens (including phenoxy) is 1. The number of amides is 2. The number of nitrogens with one attached hydrogen (secondary N) is 2. The zero-order chi connectivity index (χ0) is 16.7. The van der Waals surface area contributed by atoms with Gasteiger partial charge in [0.2, 0.25) is 0 Å². The summed E-state index contributed by atoms with van der Waals surface area (Å²) in [6.45, 7) is 0.292. The molecule has 2 aromatic carbocycles.